The van der Waals surface area contributed by atoms with Crippen LogP contribution in [0.15, 0.2) is 12.1 Å². The Hall–Kier alpha value is -1.06. The zero-order valence-electron chi connectivity index (χ0n) is 10.9. The summed E-state index contributed by atoms with van der Waals surface area (Å²) in [6.45, 7) is 6.95. The van der Waals surface area contributed by atoms with E-state index < -0.39 is 0 Å². The van der Waals surface area contributed by atoms with Crippen LogP contribution in [0.5, 0.6) is 5.75 Å². The molecule has 0 bridgehead atoms. The number of aryl methyl sites for hydroxylation is 2. The lowest BCUT2D eigenvalue weighted by molar-refractivity contribution is 0.107. The third-order valence-electron chi connectivity index (χ3n) is 3.52. The first-order chi connectivity index (χ1) is 8.10. The highest BCUT2D eigenvalue weighted by Gasteiger charge is 2.22. The number of aromatic hydroxyl groups is 1. The van der Waals surface area contributed by atoms with Crippen molar-refractivity contribution in [2.45, 2.75) is 32.9 Å². The van der Waals surface area contributed by atoms with E-state index in [2.05, 4.69) is 17.0 Å². The van der Waals surface area contributed by atoms with E-state index in [1.54, 1.807) is 7.11 Å². The molecule has 1 unspecified atom stereocenters. The molecular formula is C14H21NO2. The number of rotatable bonds is 3. The fraction of sp³-hybridized carbons (Fsp3) is 0.571. The smallest absolute Gasteiger partial charge is 0.121 e. The first-order valence-electron chi connectivity index (χ1n) is 6.14. The maximum absolute atomic E-state index is 9.74. The zero-order chi connectivity index (χ0) is 12.4. The maximum Gasteiger partial charge on any atom is 0.121 e. The van der Waals surface area contributed by atoms with E-state index in [-0.39, 0.29) is 0 Å². The summed E-state index contributed by atoms with van der Waals surface area (Å²) >= 11 is 0. The topological polar surface area (TPSA) is 32.7 Å². The van der Waals surface area contributed by atoms with E-state index in [1.807, 2.05) is 13.8 Å². The van der Waals surface area contributed by atoms with E-state index in [0.717, 1.165) is 37.2 Å². The van der Waals surface area contributed by atoms with Gasteiger partial charge < -0.3 is 9.84 Å². The number of phenolic OH excluding ortho intramolecular Hbond substituents is 1. The Kier molecular flexibility index (Phi) is 3.69. The lowest BCUT2D eigenvalue weighted by Gasteiger charge is -2.17. The Bertz CT molecular complexity index is 380. The maximum atomic E-state index is 9.74. The van der Waals surface area contributed by atoms with Gasteiger partial charge in [0.15, 0.2) is 0 Å². The van der Waals surface area contributed by atoms with Gasteiger partial charge in [0.25, 0.3) is 0 Å². The Balaban J connectivity index is 2.04. The van der Waals surface area contributed by atoms with Gasteiger partial charge in [0, 0.05) is 26.7 Å². The molecule has 1 heterocycles. The van der Waals surface area contributed by atoms with Crippen LogP contribution in [-0.4, -0.2) is 36.3 Å². The molecule has 0 amide bonds. The number of nitrogens with zero attached hydrogens (tertiary/aromatic N) is 1. The van der Waals surface area contributed by atoms with Gasteiger partial charge in [-0.25, -0.2) is 0 Å². The molecule has 3 heteroatoms. The quantitative estimate of drug-likeness (QED) is 0.872. The van der Waals surface area contributed by atoms with Crippen LogP contribution in [0.2, 0.25) is 0 Å². The van der Waals surface area contributed by atoms with Gasteiger partial charge in [0.1, 0.15) is 5.75 Å². The molecule has 1 aliphatic heterocycles. The van der Waals surface area contributed by atoms with Gasteiger partial charge >= 0.3 is 0 Å². The summed E-state index contributed by atoms with van der Waals surface area (Å²) in [4.78, 5) is 2.40. The number of methoxy groups -OCH3 is 1. The summed E-state index contributed by atoms with van der Waals surface area (Å²) in [7, 11) is 1.78. The van der Waals surface area contributed by atoms with E-state index in [1.165, 1.54) is 5.56 Å². The van der Waals surface area contributed by atoms with Crippen molar-refractivity contribution in [1.82, 2.24) is 4.90 Å². The highest BCUT2D eigenvalue weighted by atomic mass is 16.5. The van der Waals surface area contributed by atoms with Gasteiger partial charge in [-0.3, -0.25) is 4.90 Å². The number of hydrogen-bond donors (Lipinski definition) is 1. The van der Waals surface area contributed by atoms with Gasteiger partial charge in [-0.1, -0.05) is 12.1 Å². The number of benzene rings is 1. The van der Waals surface area contributed by atoms with E-state index in [9.17, 15) is 5.11 Å². The van der Waals surface area contributed by atoms with E-state index in [4.69, 9.17) is 4.74 Å². The molecule has 1 aromatic rings. The van der Waals surface area contributed by atoms with Crippen LogP contribution >= 0.6 is 0 Å². The van der Waals surface area contributed by atoms with Gasteiger partial charge in [-0.2, -0.15) is 0 Å². The molecule has 1 saturated heterocycles. The molecule has 1 fully saturated rings. The molecule has 0 saturated carbocycles. The van der Waals surface area contributed by atoms with Crippen molar-refractivity contribution in [2.75, 3.05) is 20.2 Å². The van der Waals surface area contributed by atoms with Crippen molar-refractivity contribution in [3.63, 3.8) is 0 Å². The third-order valence-corrected chi connectivity index (χ3v) is 3.52. The molecule has 94 valence electrons. The first-order valence-corrected chi connectivity index (χ1v) is 6.14. The monoisotopic (exact) mass is 235 g/mol. The van der Waals surface area contributed by atoms with Crippen molar-refractivity contribution in [2.24, 2.45) is 0 Å². The van der Waals surface area contributed by atoms with Gasteiger partial charge in [0.05, 0.1) is 6.10 Å². The predicted octanol–water partition coefficient (Wildman–Crippen LogP) is 2.23. The van der Waals surface area contributed by atoms with Crippen LogP contribution in [0.25, 0.3) is 0 Å². The minimum atomic E-state index is 0.384. The fourth-order valence-corrected chi connectivity index (χ4v) is 2.53. The van der Waals surface area contributed by atoms with Crippen LogP contribution in [0.4, 0.5) is 0 Å². The van der Waals surface area contributed by atoms with Gasteiger partial charge in [0.2, 0.25) is 0 Å². The van der Waals surface area contributed by atoms with Gasteiger partial charge in [-0.15, -0.1) is 0 Å². The zero-order valence-corrected chi connectivity index (χ0v) is 10.9. The minimum Gasteiger partial charge on any atom is -0.507 e. The van der Waals surface area contributed by atoms with Crippen LogP contribution < -0.4 is 0 Å². The van der Waals surface area contributed by atoms with Crippen molar-refractivity contribution in [1.29, 1.82) is 0 Å². The van der Waals surface area contributed by atoms with Crippen LogP contribution in [0.1, 0.15) is 23.1 Å². The average Bonchev–Trinajstić information content (AvgIpc) is 2.73. The molecule has 17 heavy (non-hydrogen) atoms. The largest absolute Gasteiger partial charge is 0.507 e. The molecular weight excluding hydrogens is 214 g/mol. The molecule has 1 N–H and O–H groups in total. The number of likely N-dealkylation sites (tertiary alicyclic amines) is 1. The molecule has 0 aliphatic carbocycles. The summed E-state index contributed by atoms with van der Waals surface area (Å²) in [6.07, 6.45) is 1.50. The number of hydrogen-bond acceptors (Lipinski definition) is 3. The molecule has 1 atom stereocenters. The molecule has 2 rings (SSSR count). The van der Waals surface area contributed by atoms with E-state index >= 15 is 0 Å². The summed E-state index contributed by atoms with van der Waals surface area (Å²) in [5.41, 5.74) is 3.19. The third kappa shape index (κ3) is 2.79. The normalized spacial score (nSPS) is 21.0. The average molecular weight is 235 g/mol. The summed E-state index contributed by atoms with van der Waals surface area (Å²) < 4.78 is 5.36. The molecule has 0 spiro atoms. The van der Waals surface area contributed by atoms with Gasteiger partial charge in [-0.05, 0) is 37.0 Å². The number of phenols is 1. The summed E-state index contributed by atoms with van der Waals surface area (Å²) in [5, 5.41) is 9.74. The highest BCUT2D eigenvalue weighted by molar-refractivity contribution is 5.42. The second kappa shape index (κ2) is 5.07. The lowest BCUT2D eigenvalue weighted by Crippen LogP contribution is -2.22. The molecule has 3 nitrogen and oxygen atoms in total. The Morgan fingerprint density at radius 3 is 2.53 bits per heavy atom. The predicted molar refractivity (Wildman–Crippen MR) is 68.3 cm³/mol. The summed E-state index contributed by atoms with van der Waals surface area (Å²) in [6, 6.07) is 4.14. The Labute approximate surface area is 103 Å². The van der Waals surface area contributed by atoms with Crippen molar-refractivity contribution in [3.8, 4) is 5.75 Å². The fourth-order valence-electron chi connectivity index (χ4n) is 2.53. The Morgan fingerprint density at radius 2 is 2.00 bits per heavy atom. The molecule has 0 radical (unpaired) electrons. The standard InChI is InChI=1S/C14H21NO2/c1-10-6-12(7-11(2)14(10)16)8-15-5-4-13(9-15)17-3/h6-7,13,16H,4-5,8-9H2,1-3H3. The molecule has 1 aromatic carbocycles. The summed E-state index contributed by atoms with van der Waals surface area (Å²) in [5.74, 6) is 0.421. The first kappa shape index (κ1) is 12.4. The Morgan fingerprint density at radius 1 is 1.35 bits per heavy atom. The second-order valence-corrected chi connectivity index (χ2v) is 4.96. The van der Waals surface area contributed by atoms with Crippen LogP contribution in [-0.2, 0) is 11.3 Å². The van der Waals surface area contributed by atoms with Crippen molar-refractivity contribution in [3.05, 3.63) is 28.8 Å². The minimum absolute atomic E-state index is 0.384. The van der Waals surface area contributed by atoms with Crippen molar-refractivity contribution < 1.29 is 9.84 Å². The number of ether oxygens (including phenoxy) is 1. The lowest BCUT2D eigenvalue weighted by atomic mass is 10.1. The highest BCUT2D eigenvalue weighted by Crippen LogP contribution is 2.24. The molecule has 1 aliphatic rings. The van der Waals surface area contributed by atoms with Crippen LogP contribution in [0.3, 0.4) is 0 Å². The SMILES string of the molecule is COC1CCN(Cc2cc(C)c(O)c(C)c2)C1. The molecule has 0 aromatic heterocycles. The van der Waals surface area contributed by atoms with Crippen molar-refractivity contribution >= 4 is 0 Å². The van der Waals surface area contributed by atoms with E-state index in [0.29, 0.717) is 11.9 Å². The second-order valence-electron chi connectivity index (χ2n) is 4.96. The van der Waals surface area contributed by atoms with Crippen LogP contribution in [0, 0.1) is 13.8 Å².